The average molecular weight is 264 g/mol. The third-order valence-electron chi connectivity index (χ3n) is 3.31. The van der Waals surface area contributed by atoms with Crippen LogP contribution in [-0.2, 0) is 0 Å². The highest BCUT2D eigenvalue weighted by Crippen LogP contribution is 2.37. The standard InChI is InChI=1S/C13H13FN2OS/c1-16(7-5-6-7)13(17)12-11(15)10-8(14)3-2-4-9(10)18-12/h2-4,7H,5-6,15H2,1H3. The number of anilines is 1. The van der Waals surface area contributed by atoms with E-state index < -0.39 is 0 Å². The van der Waals surface area contributed by atoms with Gasteiger partial charge in [0.1, 0.15) is 10.7 Å². The first-order chi connectivity index (χ1) is 8.59. The molecular weight excluding hydrogens is 251 g/mol. The zero-order valence-corrected chi connectivity index (χ0v) is 10.8. The quantitative estimate of drug-likeness (QED) is 0.906. The third kappa shape index (κ3) is 1.66. The lowest BCUT2D eigenvalue weighted by atomic mass is 10.2. The Morgan fingerprint density at radius 3 is 2.83 bits per heavy atom. The van der Waals surface area contributed by atoms with Gasteiger partial charge in [0.2, 0.25) is 0 Å². The Hall–Kier alpha value is -1.62. The number of nitrogens with zero attached hydrogens (tertiary/aromatic N) is 1. The van der Waals surface area contributed by atoms with Gasteiger partial charge in [-0.15, -0.1) is 11.3 Å². The Kier molecular flexibility index (Phi) is 2.52. The van der Waals surface area contributed by atoms with E-state index >= 15 is 0 Å². The fourth-order valence-electron chi connectivity index (χ4n) is 2.08. The third-order valence-corrected chi connectivity index (χ3v) is 4.47. The number of amides is 1. The summed E-state index contributed by atoms with van der Waals surface area (Å²) in [5, 5.41) is 0.370. The normalized spacial score (nSPS) is 15.0. The first-order valence-corrected chi connectivity index (χ1v) is 6.65. The van der Waals surface area contributed by atoms with Crippen LogP contribution in [-0.4, -0.2) is 23.9 Å². The fraction of sp³-hybridized carbons (Fsp3) is 0.308. The van der Waals surface area contributed by atoms with Crippen molar-refractivity contribution in [3.8, 4) is 0 Å². The zero-order valence-electron chi connectivity index (χ0n) is 9.94. The van der Waals surface area contributed by atoms with E-state index in [0.717, 1.165) is 17.5 Å². The fourth-order valence-corrected chi connectivity index (χ4v) is 3.20. The Labute approximate surface area is 108 Å². The molecule has 1 aliphatic carbocycles. The van der Waals surface area contributed by atoms with Crippen molar-refractivity contribution in [2.75, 3.05) is 12.8 Å². The van der Waals surface area contributed by atoms with Crippen LogP contribution >= 0.6 is 11.3 Å². The van der Waals surface area contributed by atoms with Crippen molar-refractivity contribution < 1.29 is 9.18 Å². The highest BCUT2D eigenvalue weighted by atomic mass is 32.1. The van der Waals surface area contributed by atoms with Crippen molar-refractivity contribution in [1.82, 2.24) is 4.90 Å². The van der Waals surface area contributed by atoms with Gasteiger partial charge in [-0.2, -0.15) is 0 Å². The molecule has 5 heteroatoms. The van der Waals surface area contributed by atoms with Gasteiger partial charge < -0.3 is 10.6 Å². The zero-order chi connectivity index (χ0) is 12.9. The lowest BCUT2D eigenvalue weighted by Crippen LogP contribution is -2.28. The number of carbonyl (C=O) groups excluding carboxylic acids is 1. The maximum Gasteiger partial charge on any atom is 0.266 e. The van der Waals surface area contributed by atoms with Crippen LogP contribution in [0.15, 0.2) is 18.2 Å². The summed E-state index contributed by atoms with van der Waals surface area (Å²) < 4.78 is 14.4. The summed E-state index contributed by atoms with van der Waals surface area (Å²) in [4.78, 5) is 14.4. The molecule has 3 nitrogen and oxygen atoms in total. The Bertz CT molecular complexity index is 633. The number of rotatable bonds is 2. The van der Waals surface area contributed by atoms with Gasteiger partial charge in [0.25, 0.3) is 5.91 Å². The predicted octanol–water partition coefficient (Wildman–Crippen LogP) is 2.86. The number of hydrogen-bond donors (Lipinski definition) is 1. The van der Waals surface area contributed by atoms with Crippen molar-refractivity contribution in [2.45, 2.75) is 18.9 Å². The molecule has 0 bridgehead atoms. The number of benzene rings is 1. The maximum atomic E-state index is 13.7. The molecule has 2 N–H and O–H groups in total. The minimum absolute atomic E-state index is 0.101. The molecule has 1 heterocycles. The van der Waals surface area contributed by atoms with Gasteiger partial charge in [0.15, 0.2) is 0 Å². The molecule has 0 spiro atoms. The molecule has 1 amide bonds. The summed E-state index contributed by atoms with van der Waals surface area (Å²) in [6.45, 7) is 0. The second kappa shape index (κ2) is 3.95. The van der Waals surface area contributed by atoms with E-state index in [2.05, 4.69) is 0 Å². The topological polar surface area (TPSA) is 46.3 Å². The highest BCUT2D eigenvalue weighted by molar-refractivity contribution is 7.21. The molecule has 18 heavy (non-hydrogen) atoms. The van der Waals surface area contributed by atoms with Gasteiger partial charge in [-0.05, 0) is 25.0 Å². The number of carbonyl (C=O) groups is 1. The van der Waals surface area contributed by atoms with Crippen molar-refractivity contribution in [2.24, 2.45) is 0 Å². The average Bonchev–Trinajstić information content (AvgIpc) is 3.13. The monoisotopic (exact) mass is 264 g/mol. The lowest BCUT2D eigenvalue weighted by molar-refractivity contribution is 0.0791. The molecule has 3 rings (SSSR count). The van der Waals surface area contributed by atoms with Gasteiger partial charge in [0.05, 0.1) is 11.1 Å². The lowest BCUT2D eigenvalue weighted by Gasteiger charge is -2.15. The molecule has 0 atom stereocenters. The molecule has 0 unspecified atom stereocenters. The van der Waals surface area contributed by atoms with Crippen LogP contribution in [0.3, 0.4) is 0 Å². The molecule has 1 fully saturated rings. The van der Waals surface area contributed by atoms with Gasteiger partial charge in [-0.3, -0.25) is 4.79 Å². The van der Waals surface area contributed by atoms with Crippen LogP contribution in [0.2, 0.25) is 0 Å². The van der Waals surface area contributed by atoms with Crippen LogP contribution in [0.1, 0.15) is 22.5 Å². The Morgan fingerprint density at radius 2 is 2.22 bits per heavy atom. The summed E-state index contributed by atoms with van der Waals surface area (Å²) >= 11 is 1.26. The van der Waals surface area contributed by atoms with Crippen molar-refractivity contribution in [3.05, 3.63) is 28.9 Å². The smallest absolute Gasteiger partial charge is 0.266 e. The minimum atomic E-state index is -0.366. The van der Waals surface area contributed by atoms with Gasteiger partial charge in [-0.25, -0.2) is 4.39 Å². The molecule has 0 saturated heterocycles. The molecule has 1 aromatic heterocycles. The van der Waals surface area contributed by atoms with Crippen molar-refractivity contribution in [1.29, 1.82) is 0 Å². The number of thiophene rings is 1. The van der Waals surface area contributed by atoms with E-state index in [9.17, 15) is 9.18 Å². The van der Waals surface area contributed by atoms with Crippen LogP contribution < -0.4 is 5.73 Å². The summed E-state index contributed by atoms with van der Waals surface area (Å²) in [6.07, 6.45) is 2.09. The number of nitrogen functional groups attached to an aromatic ring is 1. The predicted molar refractivity (Wildman–Crippen MR) is 71.3 cm³/mol. The molecular formula is C13H13FN2OS. The summed E-state index contributed by atoms with van der Waals surface area (Å²) in [7, 11) is 1.78. The van der Waals surface area contributed by atoms with Gasteiger partial charge in [0, 0.05) is 17.8 Å². The van der Waals surface area contributed by atoms with E-state index in [0.29, 0.717) is 16.3 Å². The summed E-state index contributed by atoms with van der Waals surface area (Å²) in [6, 6.07) is 5.11. The van der Waals surface area contributed by atoms with Crippen LogP contribution in [0.25, 0.3) is 10.1 Å². The number of hydrogen-bond acceptors (Lipinski definition) is 3. The van der Waals surface area contributed by atoms with E-state index in [1.807, 2.05) is 0 Å². The van der Waals surface area contributed by atoms with Crippen LogP contribution in [0.5, 0.6) is 0 Å². The minimum Gasteiger partial charge on any atom is -0.397 e. The number of nitrogens with two attached hydrogens (primary N) is 1. The molecule has 0 aliphatic heterocycles. The number of halogens is 1. The molecule has 1 aliphatic rings. The molecule has 94 valence electrons. The molecule has 1 aromatic carbocycles. The Morgan fingerprint density at radius 1 is 1.50 bits per heavy atom. The van der Waals surface area contributed by atoms with Crippen molar-refractivity contribution in [3.63, 3.8) is 0 Å². The van der Waals surface area contributed by atoms with Crippen LogP contribution in [0.4, 0.5) is 10.1 Å². The molecule has 0 radical (unpaired) electrons. The second-order valence-corrected chi connectivity index (χ2v) is 5.66. The highest BCUT2D eigenvalue weighted by Gasteiger charge is 2.32. The summed E-state index contributed by atoms with van der Waals surface area (Å²) in [5.74, 6) is -0.468. The van der Waals surface area contributed by atoms with Gasteiger partial charge in [-0.1, -0.05) is 6.07 Å². The Balaban J connectivity index is 2.09. The van der Waals surface area contributed by atoms with Crippen LogP contribution in [0, 0.1) is 5.82 Å². The first kappa shape index (κ1) is 11.5. The van der Waals surface area contributed by atoms with Crippen molar-refractivity contribution >= 4 is 33.0 Å². The molecule has 1 saturated carbocycles. The molecule has 2 aromatic rings. The largest absolute Gasteiger partial charge is 0.397 e. The SMILES string of the molecule is CN(C(=O)c1sc2cccc(F)c2c1N)C1CC1. The van der Waals surface area contributed by atoms with E-state index in [1.54, 1.807) is 24.1 Å². The van der Waals surface area contributed by atoms with E-state index in [4.69, 9.17) is 5.73 Å². The van der Waals surface area contributed by atoms with E-state index in [1.165, 1.54) is 17.4 Å². The number of fused-ring (bicyclic) bond motifs is 1. The second-order valence-electron chi connectivity index (χ2n) is 4.61. The van der Waals surface area contributed by atoms with Gasteiger partial charge >= 0.3 is 0 Å². The first-order valence-electron chi connectivity index (χ1n) is 5.83. The maximum absolute atomic E-state index is 13.7. The summed E-state index contributed by atoms with van der Waals surface area (Å²) in [5.41, 5.74) is 6.19. The van der Waals surface area contributed by atoms with E-state index in [-0.39, 0.29) is 17.4 Å².